The maximum Gasteiger partial charge on any atom is 0.337 e. The molecule has 0 unspecified atom stereocenters. The zero-order chi connectivity index (χ0) is 29.0. The summed E-state index contributed by atoms with van der Waals surface area (Å²) in [5.74, 6) is 0.511. The molecule has 2 aromatic carbocycles. The molecule has 0 saturated carbocycles. The molecule has 4 rings (SSSR count). The van der Waals surface area contributed by atoms with Gasteiger partial charge in [0, 0.05) is 17.6 Å². The second-order valence-electron chi connectivity index (χ2n) is 8.37. The highest BCUT2D eigenvalue weighted by molar-refractivity contribution is 9.10. The highest BCUT2D eigenvalue weighted by Crippen LogP contribution is 2.36. The first-order valence-electron chi connectivity index (χ1n) is 12.3. The van der Waals surface area contributed by atoms with Crippen LogP contribution >= 0.6 is 27.3 Å². The molecular formula is C28H27BrN2O8S. The third kappa shape index (κ3) is 5.82. The Morgan fingerprint density at radius 3 is 2.42 bits per heavy atom. The molecule has 0 aliphatic carbocycles. The number of hydrogen-bond acceptors (Lipinski definition) is 10. The third-order valence-electron chi connectivity index (χ3n) is 5.83. The fraction of sp³-hybridized carbons (Fsp3) is 0.286. The zero-order valence-corrected chi connectivity index (χ0v) is 24.9. The van der Waals surface area contributed by atoms with Crippen LogP contribution in [0.4, 0.5) is 0 Å². The number of nitrogens with zero attached hydrogens (tertiary/aromatic N) is 2. The van der Waals surface area contributed by atoms with E-state index < -0.39 is 18.0 Å². The van der Waals surface area contributed by atoms with Gasteiger partial charge in [0.1, 0.15) is 0 Å². The Bertz CT molecular complexity index is 1670. The van der Waals surface area contributed by atoms with E-state index in [0.717, 1.165) is 0 Å². The lowest BCUT2D eigenvalue weighted by atomic mass is 9.97. The van der Waals surface area contributed by atoms with Crippen molar-refractivity contribution in [3.8, 4) is 23.0 Å². The number of carbonyl (C=O) groups is 2. The minimum absolute atomic E-state index is 0.196. The number of aromatic nitrogens is 1. The largest absolute Gasteiger partial charge is 0.493 e. The predicted molar refractivity (Wildman–Crippen MR) is 152 cm³/mol. The van der Waals surface area contributed by atoms with Gasteiger partial charge in [-0.3, -0.25) is 14.2 Å². The Kier molecular flexibility index (Phi) is 9.10. The average Bonchev–Trinajstić information content (AvgIpc) is 3.25. The SMILES string of the molecule is CCOc1ccc([C@H]2C(C(=O)OC)=CN=c3s/c(=C\c4cc(OC)c(OC(C)=O)cc4Br)c(=O)n32)cc1OCC. The van der Waals surface area contributed by atoms with Gasteiger partial charge in [0.2, 0.25) is 0 Å². The van der Waals surface area contributed by atoms with Crippen molar-refractivity contribution in [2.45, 2.75) is 26.8 Å². The second-order valence-corrected chi connectivity index (χ2v) is 10.2. The molecule has 1 aromatic heterocycles. The smallest absolute Gasteiger partial charge is 0.337 e. The monoisotopic (exact) mass is 630 g/mol. The van der Waals surface area contributed by atoms with Gasteiger partial charge in [-0.05, 0) is 55.3 Å². The van der Waals surface area contributed by atoms with E-state index >= 15 is 0 Å². The third-order valence-corrected chi connectivity index (χ3v) is 7.52. The Hall–Kier alpha value is -3.90. The van der Waals surface area contributed by atoms with Crippen LogP contribution in [0, 0.1) is 0 Å². The highest BCUT2D eigenvalue weighted by atomic mass is 79.9. The van der Waals surface area contributed by atoms with Gasteiger partial charge in [-0.25, -0.2) is 9.79 Å². The molecule has 0 spiro atoms. The number of fused-ring (bicyclic) bond motifs is 1. The number of rotatable bonds is 9. The topological polar surface area (TPSA) is 115 Å². The van der Waals surface area contributed by atoms with Gasteiger partial charge in [-0.1, -0.05) is 33.3 Å². The summed E-state index contributed by atoms with van der Waals surface area (Å²) in [5, 5.41) is 0. The molecule has 0 fully saturated rings. The normalized spacial score (nSPS) is 14.5. The molecule has 0 bridgehead atoms. The fourth-order valence-corrected chi connectivity index (χ4v) is 5.58. The van der Waals surface area contributed by atoms with Crippen molar-refractivity contribution in [1.29, 1.82) is 0 Å². The van der Waals surface area contributed by atoms with Gasteiger partial charge < -0.3 is 23.7 Å². The summed E-state index contributed by atoms with van der Waals surface area (Å²) in [4.78, 5) is 42.9. The van der Waals surface area contributed by atoms with Crippen molar-refractivity contribution >= 4 is 45.3 Å². The first-order valence-corrected chi connectivity index (χ1v) is 13.9. The van der Waals surface area contributed by atoms with Crippen molar-refractivity contribution in [1.82, 2.24) is 4.57 Å². The van der Waals surface area contributed by atoms with Crippen LogP contribution in [0.3, 0.4) is 0 Å². The van der Waals surface area contributed by atoms with Crippen LogP contribution in [0.15, 0.2) is 56.4 Å². The van der Waals surface area contributed by atoms with Crippen LogP contribution in [-0.4, -0.2) is 43.9 Å². The molecule has 0 radical (unpaired) electrons. The molecule has 3 aromatic rings. The van der Waals surface area contributed by atoms with Crippen molar-refractivity contribution in [3.05, 3.63) is 77.4 Å². The van der Waals surface area contributed by atoms with E-state index in [1.807, 2.05) is 13.8 Å². The van der Waals surface area contributed by atoms with Crippen LogP contribution in [0.2, 0.25) is 0 Å². The van der Waals surface area contributed by atoms with Crippen LogP contribution in [0.5, 0.6) is 23.0 Å². The summed E-state index contributed by atoms with van der Waals surface area (Å²) < 4.78 is 29.5. The molecule has 1 atom stereocenters. The quantitative estimate of drug-likeness (QED) is 0.261. The van der Waals surface area contributed by atoms with Crippen molar-refractivity contribution < 1.29 is 33.3 Å². The molecule has 1 aliphatic heterocycles. The number of hydrogen-bond donors (Lipinski definition) is 0. The second kappa shape index (κ2) is 12.5. The van der Waals surface area contributed by atoms with E-state index in [9.17, 15) is 14.4 Å². The number of carbonyl (C=O) groups excluding carboxylic acids is 2. The van der Waals surface area contributed by atoms with Crippen LogP contribution in [0.1, 0.15) is 37.9 Å². The molecule has 10 nitrogen and oxygen atoms in total. The van der Waals surface area contributed by atoms with Crippen LogP contribution < -0.4 is 33.8 Å². The summed E-state index contributed by atoms with van der Waals surface area (Å²) in [6.45, 7) is 5.88. The van der Waals surface area contributed by atoms with Crippen LogP contribution in [0.25, 0.3) is 6.08 Å². The zero-order valence-electron chi connectivity index (χ0n) is 22.5. The molecule has 2 heterocycles. The molecule has 40 heavy (non-hydrogen) atoms. The van der Waals surface area contributed by atoms with Crippen molar-refractivity contribution in [2.24, 2.45) is 4.99 Å². The van der Waals surface area contributed by atoms with Gasteiger partial charge >= 0.3 is 11.9 Å². The number of halogens is 1. The van der Waals surface area contributed by atoms with E-state index in [1.54, 1.807) is 36.4 Å². The maximum absolute atomic E-state index is 13.8. The van der Waals surface area contributed by atoms with E-state index in [2.05, 4.69) is 20.9 Å². The average molecular weight is 632 g/mol. The standard InChI is InChI=1S/C28H27BrN2O8S/c1-6-37-20-9-8-16(10-22(20)38-7-2)25-18(27(34)36-5)14-30-28-31(25)26(33)24(40-28)12-17-11-21(35-4)23(13-19(17)29)39-15(3)32/h8-14,25H,6-7H2,1-5H3/b24-12-/t25-/m0/s1. The molecule has 210 valence electrons. The number of benzene rings is 2. The maximum atomic E-state index is 13.8. The van der Waals surface area contributed by atoms with E-state index in [4.69, 9.17) is 23.7 Å². The molecular weight excluding hydrogens is 604 g/mol. The highest BCUT2D eigenvalue weighted by Gasteiger charge is 2.31. The van der Waals surface area contributed by atoms with Gasteiger partial charge in [0.15, 0.2) is 27.8 Å². The number of ether oxygens (including phenoxy) is 5. The summed E-state index contributed by atoms with van der Waals surface area (Å²) in [6.07, 6.45) is 3.10. The molecule has 0 N–H and O–H groups in total. The van der Waals surface area contributed by atoms with Crippen LogP contribution in [-0.2, 0) is 14.3 Å². The molecule has 0 saturated heterocycles. The van der Waals surface area contributed by atoms with Gasteiger partial charge in [0.25, 0.3) is 5.56 Å². The lowest BCUT2D eigenvalue weighted by Gasteiger charge is -2.23. The first-order chi connectivity index (χ1) is 19.2. The van der Waals surface area contributed by atoms with E-state index in [-0.39, 0.29) is 16.9 Å². The predicted octanol–water partition coefficient (Wildman–Crippen LogP) is 3.51. The fourth-order valence-electron chi connectivity index (χ4n) is 4.18. The van der Waals surface area contributed by atoms with Gasteiger partial charge in [-0.15, -0.1) is 0 Å². The van der Waals surface area contributed by atoms with E-state index in [1.165, 1.54) is 43.2 Å². The van der Waals surface area contributed by atoms with Gasteiger partial charge in [-0.2, -0.15) is 0 Å². The van der Waals surface area contributed by atoms with Gasteiger partial charge in [0.05, 0.1) is 43.6 Å². The Balaban J connectivity index is 1.90. The number of methoxy groups -OCH3 is 2. The molecule has 1 aliphatic rings. The van der Waals surface area contributed by atoms with Crippen molar-refractivity contribution in [2.75, 3.05) is 27.4 Å². The first kappa shape index (κ1) is 29.1. The minimum Gasteiger partial charge on any atom is -0.493 e. The van der Waals surface area contributed by atoms with Crippen molar-refractivity contribution in [3.63, 3.8) is 0 Å². The summed E-state index contributed by atoms with van der Waals surface area (Å²) in [7, 11) is 2.73. The lowest BCUT2D eigenvalue weighted by molar-refractivity contribution is -0.136. The summed E-state index contributed by atoms with van der Waals surface area (Å²) in [5.41, 5.74) is 1.08. The lowest BCUT2D eigenvalue weighted by Crippen LogP contribution is -2.39. The number of thiazole rings is 1. The summed E-state index contributed by atoms with van der Waals surface area (Å²) in [6, 6.07) is 7.73. The van der Waals surface area contributed by atoms with E-state index in [0.29, 0.717) is 55.4 Å². The Morgan fingerprint density at radius 1 is 1.05 bits per heavy atom. The molecule has 0 amide bonds. The molecule has 12 heteroatoms. The Morgan fingerprint density at radius 2 is 1.77 bits per heavy atom. The number of esters is 2. The minimum atomic E-state index is -0.815. The Labute approximate surface area is 242 Å². The summed E-state index contributed by atoms with van der Waals surface area (Å²) >= 11 is 4.65.